The molecule has 0 unspecified atom stereocenters. The monoisotopic (exact) mass is 230 g/mol. The van der Waals surface area contributed by atoms with Crippen molar-refractivity contribution in [2.75, 3.05) is 20.5 Å². The van der Waals surface area contributed by atoms with Crippen molar-refractivity contribution in [3.05, 3.63) is 10.5 Å². The average Bonchev–Trinajstić information content (AvgIpc) is 2.54. The molecule has 7 heteroatoms. The number of nitrogens with zero attached hydrogens (tertiary/aromatic N) is 1. The lowest BCUT2D eigenvalue weighted by Gasteiger charge is -1.99. The molecule has 0 atom stereocenters. The van der Waals surface area contributed by atoms with Crippen molar-refractivity contribution in [3.8, 4) is 0 Å². The van der Waals surface area contributed by atoms with Crippen molar-refractivity contribution < 1.29 is 19.2 Å². The number of carbonyl (C=O) groups is 2. The minimum absolute atomic E-state index is 0.0409. The summed E-state index contributed by atoms with van der Waals surface area (Å²) in [5.74, 6) is -0.976. The van der Waals surface area contributed by atoms with E-state index in [1.807, 2.05) is 0 Å². The van der Waals surface area contributed by atoms with Crippen molar-refractivity contribution in [1.29, 1.82) is 0 Å². The molecule has 1 aliphatic heterocycles. The number of amides is 1. The Morgan fingerprint density at radius 1 is 1.47 bits per heavy atom. The second-order valence-electron chi connectivity index (χ2n) is 2.48. The van der Waals surface area contributed by atoms with Gasteiger partial charge in [-0.2, -0.15) is 0 Å². The maximum atomic E-state index is 11.4. The molecule has 15 heavy (non-hydrogen) atoms. The summed E-state index contributed by atoms with van der Waals surface area (Å²) < 4.78 is 4.50. The normalized spacial score (nSPS) is 18.1. The Morgan fingerprint density at radius 2 is 2.13 bits per heavy atom. The molecule has 6 nitrogen and oxygen atoms in total. The van der Waals surface area contributed by atoms with Gasteiger partial charge in [-0.1, -0.05) is 5.16 Å². The summed E-state index contributed by atoms with van der Waals surface area (Å²) in [5, 5.41) is 6.00. The minimum atomic E-state index is -0.682. The molecule has 0 spiro atoms. The van der Waals surface area contributed by atoms with Crippen molar-refractivity contribution in [3.63, 3.8) is 0 Å². The Balaban J connectivity index is 3.16. The molecule has 0 radical (unpaired) electrons. The van der Waals surface area contributed by atoms with Gasteiger partial charge in [0.2, 0.25) is 0 Å². The van der Waals surface area contributed by atoms with Crippen LogP contribution < -0.4 is 5.32 Å². The second kappa shape index (κ2) is 4.83. The van der Waals surface area contributed by atoms with Crippen LogP contribution in [0.25, 0.3) is 0 Å². The number of ether oxygens (including phenoxy) is 1. The van der Waals surface area contributed by atoms with Crippen molar-refractivity contribution >= 4 is 29.5 Å². The highest BCUT2D eigenvalue weighted by Gasteiger charge is 2.34. The molecule has 82 valence electrons. The Hall–Kier alpha value is -1.50. The van der Waals surface area contributed by atoms with Gasteiger partial charge in [0.05, 0.1) is 12.0 Å². The third kappa shape index (κ3) is 2.12. The van der Waals surface area contributed by atoms with Crippen molar-refractivity contribution in [2.45, 2.75) is 0 Å². The van der Waals surface area contributed by atoms with Gasteiger partial charge in [-0.05, 0) is 6.26 Å². The topological polar surface area (TPSA) is 77.0 Å². The molecule has 0 aliphatic carbocycles. The van der Waals surface area contributed by atoms with Crippen LogP contribution in [0.4, 0.5) is 0 Å². The van der Waals surface area contributed by atoms with E-state index < -0.39 is 11.9 Å². The van der Waals surface area contributed by atoms with Crippen LogP contribution in [0.1, 0.15) is 0 Å². The number of hydrogen-bond acceptors (Lipinski definition) is 6. The maximum absolute atomic E-state index is 11.4. The summed E-state index contributed by atoms with van der Waals surface area (Å²) in [5.41, 5.74) is -0.0409. The highest BCUT2D eigenvalue weighted by atomic mass is 32.2. The number of nitrogens with one attached hydrogen (secondary N) is 1. The van der Waals surface area contributed by atoms with Crippen molar-refractivity contribution in [2.24, 2.45) is 5.16 Å². The smallest absolute Gasteiger partial charge is 0.344 e. The number of hydrogen-bond donors (Lipinski definition) is 1. The van der Waals surface area contributed by atoms with Crippen LogP contribution in [-0.4, -0.2) is 38.2 Å². The molecule has 0 saturated carbocycles. The van der Waals surface area contributed by atoms with E-state index in [4.69, 9.17) is 0 Å². The molecular formula is C8H10N2O4S. The zero-order chi connectivity index (χ0) is 11.4. The zero-order valence-corrected chi connectivity index (χ0v) is 9.30. The number of thioether (sulfide) groups is 1. The van der Waals surface area contributed by atoms with E-state index in [0.717, 1.165) is 0 Å². The molecule has 1 amide bonds. The third-order valence-corrected chi connectivity index (χ3v) is 2.48. The number of esters is 1. The fourth-order valence-corrected chi connectivity index (χ4v) is 1.75. The first-order chi connectivity index (χ1) is 7.15. The summed E-state index contributed by atoms with van der Waals surface area (Å²) in [6.07, 6.45) is 1.73. The average molecular weight is 230 g/mol. The molecular weight excluding hydrogens is 220 g/mol. The van der Waals surface area contributed by atoms with E-state index in [0.29, 0.717) is 4.91 Å². The lowest BCUT2D eigenvalue weighted by Crippen LogP contribution is -2.25. The molecule has 0 aromatic carbocycles. The van der Waals surface area contributed by atoms with Crippen LogP contribution >= 0.6 is 11.8 Å². The fourth-order valence-electron chi connectivity index (χ4n) is 1.09. The first kappa shape index (κ1) is 11.6. The first-order valence-corrected chi connectivity index (χ1v) is 5.17. The van der Waals surface area contributed by atoms with Gasteiger partial charge in [-0.25, -0.2) is 4.79 Å². The Morgan fingerprint density at radius 3 is 2.60 bits per heavy atom. The van der Waals surface area contributed by atoms with Gasteiger partial charge < -0.3 is 14.9 Å². The van der Waals surface area contributed by atoms with Gasteiger partial charge in [0.1, 0.15) is 12.7 Å². The first-order valence-electron chi connectivity index (χ1n) is 3.95. The fraction of sp³-hybridized carbons (Fsp3) is 0.375. The van der Waals surface area contributed by atoms with Gasteiger partial charge in [0, 0.05) is 0 Å². The van der Waals surface area contributed by atoms with Crippen LogP contribution in [-0.2, 0) is 19.2 Å². The summed E-state index contributed by atoms with van der Waals surface area (Å²) in [7, 11) is 2.57. The van der Waals surface area contributed by atoms with E-state index in [9.17, 15) is 9.59 Å². The van der Waals surface area contributed by atoms with E-state index in [1.165, 1.54) is 26.0 Å². The molecule has 0 aromatic rings. The van der Waals surface area contributed by atoms with Gasteiger partial charge >= 0.3 is 5.97 Å². The summed E-state index contributed by atoms with van der Waals surface area (Å²) >= 11 is 1.22. The molecule has 0 fully saturated rings. The molecule has 1 N–H and O–H groups in total. The molecule has 0 bridgehead atoms. The van der Waals surface area contributed by atoms with E-state index >= 15 is 0 Å². The SMILES string of the molecule is CO/N=C1/NC(=O)C(C(=O)OC)=C1SC. The van der Waals surface area contributed by atoms with Crippen LogP contribution in [0, 0.1) is 0 Å². The Labute approximate surface area is 90.7 Å². The molecule has 0 saturated heterocycles. The number of oxime groups is 1. The van der Waals surface area contributed by atoms with Crippen LogP contribution in [0.15, 0.2) is 15.6 Å². The molecule has 1 heterocycles. The summed E-state index contributed by atoms with van der Waals surface area (Å²) in [6, 6.07) is 0. The number of amidine groups is 1. The highest BCUT2D eigenvalue weighted by Crippen LogP contribution is 2.24. The molecule has 1 aliphatic rings. The van der Waals surface area contributed by atoms with Crippen LogP contribution in [0.3, 0.4) is 0 Å². The quantitative estimate of drug-likeness (QED) is 0.415. The predicted molar refractivity (Wildman–Crippen MR) is 55.1 cm³/mol. The van der Waals surface area contributed by atoms with Crippen LogP contribution in [0.5, 0.6) is 0 Å². The summed E-state index contributed by atoms with van der Waals surface area (Å²) in [4.78, 5) is 27.7. The number of rotatable bonds is 3. The predicted octanol–water partition coefficient (Wildman–Crippen LogP) is -0.134. The van der Waals surface area contributed by atoms with E-state index in [1.54, 1.807) is 6.26 Å². The van der Waals surface area contributed by atoms with Gasteiger partial charge in [0.25, 0.3) is 5.91 Å². The van der Waals surface area contributed by atoms with E-state index in [-0.39, 0.29) is 11.4 Å². The minimum Gasteiger partial charge on any atom is -0.465 e. The number of carbonyl (C=O) groups excluding carboxylic acids is 2. The van der Waals surface area contributed by atoms with E-state index in [2.05, 4.69) is 20.0 Å². The zero-order valence-electron chi connectivity index (χ0n) is 8.49. The lowest BCUT2D eigenvalue weighted by molar-refractivity contribution is -0.137. The molecule has 1 rings (SSSR count). The van der Waals surface area contributed by atoms with Gasteiger partial charge in [-0.15, -0.1) is 11.8 Å². The van der Waals surface area contributed by atoms with Crippen molar-refractivity contribution in [1.82, 2.24) is 5.32 Å². The lowest BCUT2D eigenvalue weighted by atomic mass is 10.3. The van der Waals surface area contributed by atoms with Crippen LogP contribution in [0.2, 0.25) is 0 Å². The second-order valence-corrected chi connectivity index (χ2v) is 3.29. The Kier molecular flexibility index (Phi) is 3.73. The van der Waals surface area contributed by atoms with Gasteiger partial charge in [0.15, 0.2) is 5.84 Å². The largest absolute Gasteiger partial charge is 0.465 e. The maximum Gasteiger partial charge on any atom is 0.344 e. The highest BCUT2D eigenvalue weighted by molar-refractivity contribution is 8.03. The Bertz CT molecular complexity index is 362. The standard InChI is InChI=1S/C8H10N2O4S/c1-13-8(12)4-5(15-3)6(10-14-2)9-7(4)11/h1-3H3,(H,9,10,11). The summed E-state index contributed by atoms with van der Waals surface area (Å²) in [6.45, 7) is 0. The third-order valence-electron chi connectivity index (χ3n) is 1.68. The number of methoxy groups -OCH3 is 1. The molecule has 0 aromatic heterocycles. The van der Waals surface area contributed by atoms with Gasteiger partial charge in [-0.3, -0.25) is 4.79 Å².